The zero-order valence-electron chi connectivity index (χ0n) is 10.0. The predicted octanol–water partition coefficient (Wildman–Crippen LogP) is 4.03. The SMILES string of the molecule is CC(C)(C)OC(=O)n1ccc2cccc(I)c21. The maximum absolute atomic E-state index is 12.0. The lowest BCUT2D eigenvalue weighted by atomic mass is 10.2. The molecule has 90 valence electrons. The largest absolute Gasteiger partial charge is 0.443 e. The van der Waals surface area contributed by atoms with Crippen LogP contribution in [0.1, 0.15) is 20.8 Å². The summed E-state index contributed by atoms with van der Waals surface area (Å²) in [6.07, 6.45) is 1.41. The number of carbonyl (C=O) groups excluding carboxylic acids is 1. The molecule has 0 aliphatic rings. The normalized spacial score (nSPS) is 11.8. The van der Waals surface area contributed by atoms with Crippen molar-refractivity contribution < 1.29 is 9.53 Å². The Bertz CT molecular complexity index is 566. The van der Waals surface area contributed by atoms with Crippen molar-refractivity contribution in [2.75, 3.05) is 0 Å². The van der Waals surface area contributed by atoms with Crippen molar-refractivity contribution in [1.29, 1.82) is 0 Å². The van der Waals surface area contributed by atoms with Crippen LogP contribution in [0.15, 0.2) is 30.5 Å². The second kappa shape index (κ2) is 4.33. The van der Waals surface area contributed by atoms with Gasteiger partial charge in [0.05, 0.1) is 5.52 Å². The molecule has 0 bridgehead atoms. The Labute approximate surface area is 114 Å². The number of fused-ring (bicyclic) bond motifs is 1. The fourth-order valence-electron chi connectivity index (χ4n) is 1.61. The van der Waals surface area contributed by atoms with E-state index in [1.54, 1.807) is 10.8 Å². The van der Waals surface area contributed by atoms with E-state index in [1.165, 1.54) is 0 Å². The molecule has 0 N–H and O–H groups in total. The molecule has 2 rings (SSSR count). The molecule has 1 heterocycles. The molecule has 1 aromatic carbocycles. The lowest BCUT2D eigenvalue weighted by Crippen LogP contribution is -2.26. The second-order valence-electron chi connectivity index (χ2n) is 4.84. The number of hydrogen-bond donors (Lipinski definition) is 0. The number of hydrogen-bond acceptors (Lipinski definition) is 2. The Morgan fingerprint density at radius 3 is 2.65 bits per heavy atom. The van der Waals surface area contributed by atoms with E-state index < -0.39 is 5.60 Å². The number of rotatable bonds is 0. The summed E-state index contributed by atoms with van der Waals surface area (Å²) in [6.45, 7) is 5.59. The summed E-state index contributed by atoms with van der Waals surface area (Å²) in [5.41, 5.74) is 0.427. The molecular formula is C13H14INO2. The van der Waals surface area contributed by atoms with E-state index in [2.05, 4.69) is 22.6 Å². The highest BCUT2D eigenvalue weighted by molar-refractivity contribution is 14.1. The number of ether oxygens (including phenoxy) is 1. The lowest BCUT2D eigenvalue weighted by Gasteiger charge is -2.19. The highest BCUT2D eigenvalue weighted by Gasteiger charge is 2.19. The summed E-state index contributed by atoms with van der Waals surface area (Å²) < 4.78 is 7.96. The minimum atomic E-state index is -0.478. The first-order chi connectivity index (χ1) is 7.88. The Kier molecular flexibility index (Phi) is 3.16. The first-order valence-corrected chi connectivity index (χ1v) is 6.45. The van der Waals surface area contributed by atoms with Crippen molar-refractivity contribution in [3.8, 4) is 0 Å². The molecule has 4 heteroatoms. The van der Waals surface area contributed by atoms with Crippen LogP contribution in [0.25, 0.3) is 10.9 Å². The molecule has 0 spiro atoms. The van der Waals surface area contributed by atoms with Gasteiger partial charge in [-0.25, -0.2) is 4.79 Å². The average Bonchev–Trinajstić information content (AvgIpc) is 2.60. The van der Waals surface area contributed by atoms with Crippen LogP contribution in [0.3, 0.4) is 0 Å². The molecule has 17 heavy (non-hydrogen) atoms. The van der Waals surface area contributed by atoms with Gasteiger partial charge in [-0.2, -0.15) is 0 Å². The van der Waals surface area contributed by atoms with Crippen molar-refractivity contribution in [3.63, 3.8) is 0 Å². The average molecular weight is 343 g/mol. The van der Waals surface area contributed by atoms with Crippen LogP contribution in [0.4, 0.5) is 4.79 Å². The maximum atomic E-state index is 12.0. The predicted molar refractivity (Wildman–Crippen MR) is 76.3 cm³/mol. The Balaban J connectivity index is 2.46. The van der Waals surface area contributed by atoms with Crippen LogP contribution in [0, 0.1) is 3.57 Å². The summed E-state index contributed by atoms with van der Waals surface area (Å²) in [7, 11) is 0. The summed E-state index contributed by atoms with van der Waals surface area (Å²) in [4.78, 5) is 12.0. The molecule has 0 aliphatic heterocycles. The smallest absolute Gasteiger partial charge is 0.419 e. The third-order valence-corrected chi connectivity index (χ3v) is 3.12. The van der Waals surface area contributed by atoms with Crippen LogP contribution < -0.4 is 0 Å². The van der Waals surface area contributed by atoms with Gasteiger partial charge in [-0.1, -0.05) is 12.1 Å². The highest BCUT2D eigenvalue weighted by atomic mass is 127. The summed E-state index contributed by atoms with van der Waals surface area (Å²) in [5.74, 6) is 0. The van der Waals surface area contributed by atoms with E-state index >= 15 is 0 Å². The number of benzene rings is 1. The van der Waals surface area contributed by atoms with Crippen LogP contribution in [0.2, 0.25) is 0 Å². The molecular weight excluding hydrogens is 329 g/mol. The maximum Gasteiger partial charge on any atom is 0.419 e. The van der Waals surface area contributed by atoms with E-state index in [1.807, 2.05) is 45.0 Å². The lowest BCUT2D eigenvalue weighted by molar-refractivity contribution is 0.0544. The van der Waals surface area contributed by atoms with E-state index in [0.717, 1.165) is 14.5 Å². The molecule has 0 saturated heterocycles. The number of halogens is 1. The number of para-hydroxylation sites is 1. The molecule has 0 atom stereocenters. The summed E-state index contributed by atoms with van der Waals surface area (Å²) in [5, 5.41) is 1.04. The fourth-order valence-corrected chi connectivity index (χ4v) is 2.39. The van der Waals surface area contributed by atoms with Crippen molar-refractivity contribution in [2.24, 2.45) is 0 Å². The van der Waals surface area contributed by atoms with Gasteiger partial charge in [0.25, 0.3) is 0 Å². The van der Waals surface area contributed by atoms with Gasteiger partial charge in [-0.15, -0.1) is 0 Å². The van der Waals surface area contributed by atoms with Crippen LogP contribution >= 0.6 is 22.6 Å². The van der Waals surface area contributed by atoms with Gasteiger partial charge < -0.3 is 4.74 Å². The van der Waals surface area contributed by atoms with E-state index in [9.17, 15) is 4.79 Å². The number of carbonyl (C=O) groups is 1. The van der Waals surface area contributed by atoms with Gasteiger partial charge in [0.2, 0.25) is 0 Å². The summed E-state index contributed by atoms with van der Waals surface area (Å²) in [6, 6.07) is 7.85. The molecule has 0 radical (unpaired) electrons. The van der Waals surface area contributed by atoms with Crippen molar-refractivity contribution in [1.82, 2.24) is 4.57 Å². The molecule has 0 unspecified atom stereocenters. The quantitative estimate of drug-likeness (QED) is 0.677. The standard InChI is InChI=1S/C13H14INO2/c1-13(2,3)17-12(16)15-8-7-9-5-4-6-10(14)11(9)15/h4-8H,1-3H3. The minimum Gasteiger partial charge on any atom is -0.443 e. The molecule has 2 aromatic rings. The third kappa shape index (κ3) is 2.62. The van der Waals surface area contributed by atoms with E-state index in [-0.39, 0.29) is 6.09 Å². The van der Waals surface area contributed by atoms with Crippen LogP contribution in [0.5, 0.6) is 0 Å². The zero-order valence-corrected chi connectivity index (χ0v) is 12.2. The fraction of sp³-hybridized carbons (Fsp3) is 0.308. The Morgan fingerprint density at radius 1 is 1.29 bits per heavy atom. The van der Waals surface area contributed by atoms with Gasteiger partial charge in [0, 0.05) is 15.2 Å². The highest BCUT2D eigenvalue weighted by Crippen LogP contribution is 2.22. The van der Waals surface area contributed by atoms with Crippen LogP contribution in [-0.4, -0.2) is 16.3 Å². The van der Waals surface area contributed by atoms with Gasteiger partial charge >= 0.3 is 6.09 Å². The minimum absolute atomic E-state index is 0.336. The zero-order chi connectivity index (χ0) is 12.6. The summed E-state index contributed by atoms with van der Waals surface area (Å²) >= 11 is 2.22. The number of aromatic nitrogens is 1. The topological polar surface area (TPSA) is 31.2 Å². The van der Waals surface area contributed by atoms with Crippen molar-refractivity contribution >= 4 is 39.6 Å². The second-order valence-corrected chi connectivity index (χ2v) is 6.01. The monoisotopic (exact) mass is 343 g/mol. The van der Waals surface area contributed by atoms with Gasteiger partial charge in [0.1, 0.15) is 5.60 Å². The first kappa shape index (κ1) is 12.4. The third-order valence-electron chi connectivity index (χ3n) is 2.25. The molecule has 0 amide bonds. The van der Waals surface area contributed by atoms with E-state index in [0.29, 0.717) is 0 Å². The van der Waals surface area contributed by atoms with Gasteiger partial charge in [0.15, 0.2) is 0 Å². The Hall–Kier alpha value is -1.04. The molecule has 1 aromatic heterocycles. The van der Waals surface area contributed by atoms with Crippen LogP contribution in [-0.2, 0) is 4.74 Å². The van der Waals surface area contributed by atoms with Crippen molar-refractivity contribution in [3.05, 3.63) is 34.0 Å². The van der Waals surface area contributed by atoms with E-state index in [4.69, 9.17) is 4.74 Å². The molecule has 0 aliphatic carbocycles. The molecule has 0 saturated carbocycles. The van der Waals surface area contributed by atoms with Gasteiger partial charge in [-0.05, 0) is 55.5 Å². The molecule has 3 nitrogen and oxygen atoms in total. The molecule has 0 fully saturated rings. The van der Waals surface area contributed by atoms with Gasteiger partial charge in [-0.3, -0.25) is 4.57 Å². The Morgan fingerprint density at radius 2 is 2.00 bits per heavy atom. The number of nitrogens with zero attached hydrogens (tertiary/aromatic N) is 1. The van der Waals surface area contributed by atoms with Crippen molar-refractivity contribution in [2.45, 2.75) is 26.4 Å². The first-order valence-electron chi connectivity index (χ1n) is 5.37.